The number of amides is 1. The summed E-state index contributed by atoms with van der Waals surface area (Å²) in [5, 5.41) is 5.88. The van der Waals surface area contributed by atoms with Gasteiger partial charge in [-0.2, -0.15) is 5.10 Å². The number of fused-ring (bicyclic) bond motifs is 1. The van der Waals surface area contributed by atoms with Gasteiger partial charge in [-0.05, 0) is 51.0 Å². The molecule has 0 saturated carbocycles. The van der Waals surface area contributed by atoms with Gasteiger partial charge in [-0.3, -0.25) is 9.59 Å². The summed E-state index contributed by atoms with van der Waals surface area (Å²) < 4.78 is 3.48. The molecule has 0 bridgehead atoms. The summed E-state index contributed by atoms with van der Waals surface area (Å²) in [5.41, 5.74) is 5.29. The fourth-order valence-electron chi connectivity index (χ4n) is 5.36. The van der Waals surface area contributed by atoms with Crippen LogP contribution < -0.4 is 10.5 Å². The number of rotatable bonds is 5. The van der Waals surface area contributed by atoms with Crippen molar-refractivity contribution in [3.05, 3.63) is 93.7 Å². The van der Waals surface area contributed by atoms with Gasteiger partial charge in [0.25, 0.3) is 5.56 Å². The molecule has 0 aliphatic carbocycles. The van der Waals surface area contributed by atoms with Gasteiger partial charge in [0.15, 0.2) is 0 Å². The van der Waals surface area contributed by atoms with Gasteiger partial charge in [0, 0.05) is 54.7 Å². The molecular weight excluding hydrogens is 450 g/mol. The second kappa shape index (κ2) is 9.64. The average Bonchev–Trinajstić information content (AvgIpc) is 3.11. The molecule has 2 aromatic heterocycles. The predicted molar refractivity (Wildman–Crippen MR) is 144 cm³/mol. The zero-order valence-electron chi connectivity index (χ0n) is 21.4. The molecule has 5 rings (SSSR count). The normalized spacial score (nSPS) is 16.1. The zero-order valence-corrected chi connectivity index (χ0v) is 21.4. The second-order valence-corrected chi connectivity index (χ2v) is 9.86. The average molecular weight is 484 g/mol. The van der Waals surface area contributed by atoms with Crippen molar-refractivity contribution < 1.29 is 4.79 Å². The van der Waals surface area contributed by atoms with E-state index in [1.165, 1.54) is 21.5 Å². The Balaban J connectivity index is 1.34. The highest BCUT2D eigenvalue weighted by molar-refractivity contribution is 5.87. The first-order valence-electron chi connectivity index (χ1n) is 12.5. The third-order valence-electron chi connectivity index (χ3n) is 7.39. The third-order valence-corrected chi connectivity index (χ3v) is 7.39. The Kier molecular flexibility index (Phi) is 6.39. The number of aryl methyl sites for hydroxylation is 3. The molecule has 2 aromatic carbocycles. The summed E-state index contributed by atoms with van der Waals surface area (Å²) in [6, 6.07) is 18.8. The quantitative estimate of drug-likeness (QED) is 0.432. The molecule has 0 radical (unpaired) electrons. The van der Waals surface area contributed by atoms with Crippen molar-refractivity contribution in [3.8, 4) is 0 Å². The van der Waals surface area contributed by atoms with Crippen LogP contribution in [0.4, 0.5) is 5.69 Å². The Morgan fingerprint density at radius 1 is 1.00 bits per heavy atom. The van der Waals surface area contributed by atoms with Gasteiger partial charge in [0.05, 0.1) is 11.6 Å². The van der Waals surface area contributed by atoms with Crippen molar-refractivity contribution in [1.29, 1.82) is 0 Å². The van der Waals surface area contributed by atoms with Gasteiger partial charge in [0.2, 0.25) is 5.91 Å². The van der Waals surface area contributed by atoms with Crippen molar-refractivity contribution in [2.24, 2.45) is 0 Å². The lowest BCUT2D eigenvalue weighted by Crippen LogP contribution is -2.54. The summed E-state index contributed by atoms with van der Waals surface area (Å²) in [6.07, 6.45) is 1.73. The second-order valence-electron chi connectivity index (χ2n) is 9.86. The highest BCUT2D eigenvalue weighted by atomic mass is 16.2. The van der Waals surface area contributed by atoms with E-state index in [1.807, 2.05) is 36.9 Å². The fraction of sp³-hybridized carbons (Fsp3) is 0.345. The van der Waals surface area contributed by atoms with E-state index >= 15 is 0 Å². The Morgan fingerprint density at radius 2 is 1.78 bits per heavy atom. The van der Waals surface area contributed by atoms with E-state index in [-0.39, 0.29) is 24.1 Å². The van der Waals surface area contributed by atoms with Gasteiger partial charge in [0.1, 0.15) is 6.54 Å². The molecule has 1 aliphatic heterocycles. The first-order valence-corrected chi connectivity index (χ1v) is 12.5. The maximum Gasteiger partial charge on any atom is 0.276 e. The number of piperazine rings is 1. The minimum absolute atomic E-state index is 0.0473. The smallest absolute Gasteiger partial charge is 0.276 e. The van der Waals surface area contributed by atoms with Gasteiger partial charge < -0.3 is 14.4 Å². The lowest BCUT2D eigenvalue weighted by atomic mass is 10.1. The summed E-state index contributed by atoms with van der Waals surface area (Å²) >= 11 is 0. The third kappa shape index (κ3) is 4.41. The summed E-state index contributed by atoms with van der Waals surface area (Å²) in [4.78, 5) is 30.8. The minimum atomic E-state index is -0.209. The molecule has 1 unspecified atom stereocenters. The van der Waals surface area contributed by atoms with E-state index < -0.39 is 0 Å². The van der Waals surface area contributed by atoms with E-state index in [0.717, 1.165) is 23.3 Å². The Hall–Kier alpha value is -3.87. The molecule has 186 valence electrons. The van der Waals surface area contributed by atoms with Crippen LogP contribution in [-0.2, 0) is 17.9 Å². The summed E-state index contributed by atoms with van der Waals surface area (Å²) in [6.45, 7) is 10.9. The SMILES string of the molecule is Cc1cccc(N2CCN(C(=O)Cn3ncc4c(C)n(Cc5ccccc5)c(C)c4c3=O)CC2C)c1. The molecule has 1 amide bonds. The largest absolute Gasteiger partial charge is 0.365 e. The summed E-state index contributed by atoms with van der Waals surface area (Å²) in [5.74, 6) is -0.0715. The first-order chi connectivity index (χ1) is 17.3. The topological polar surface area (TPSA) is 63.4 Å². The van der Waals surface area contributed by atoms with Crippen LogP contribution in [0.1, 0.15) is 29.4 Å². The van der Waals surface area contributed by atoms with Crippen LogP contribution in [0.5, 0.6) is 0 Å². The van der Waals surface area contributed by atoms with Gasteiger partial charge in [-0.15, -0.1) is 0 Å². The van der Waals surface area contributed by atoms with E-state index in [9.17, 15) is 9.59 Å². The van der Waals surface area contributed by atoms with Gasteiger partial charge in [-0.25, -0.2) is 4.68 Å². The molecule has 7 nitrogen and oxygen atoms in total. The van der Waals surface area contributed by atoms with Crippen LogP contribution in [0.2, 0.25) is 0 Å². The highest BCUT2D eigenvalue weighted by Gasteiger charge is 2.27. The number of carbonyl (C=O) groups is 1. The van der Waals surface area contributed by atoms with Crippen molar-refractivity contribution in [2.75, 3.05) is 24.5 Å². The van der Waals surface area contributed by atoms with E-state index in [4.69, 9.17) is 0 Å². The highest BCUT2D eigenvalue weighted by Crippen LogP contribution is 2.24. The molecule has 1 saturated heterocycles. The minimum Gasteiger partial charge on any atom is -0.365 e. The van der Waals surface area contributed by atoms with Gasteiger partial charge in [-0.1, -0.05) is 42.5 Å². The predicted octanol–water partition coefficient (Wildman–Crippen LogP) is 3.91. The van der Waals surface area contributed by atoms with Crippen LogP contribution >= 0.6 is 0 Å². The van der Waals surface area contributed by atoms with Crippen LogP contribution in [0, 0.1) is 20.8 Å². The number of nitrogens with zero attached hydrogens (tertiary/aromatic N) is 5. The maximum atomic E-state index is 13.4. The fourth-order valence-corrected chi connectivity index (χ4v) is 5.36. The lowest BCUT2D eigenvalue weighted by Gasteiger charge is -2.41. The molecule has 4 aromatic rings. The maximum absolute atomic E-state index is 13.4. The van der Waals surface area contributed by atoms with E-state index in [2.05, 4.69) is 64.8 Å². The number of anilines is 1. The Labute approximate surface area is 211 Å². The van der Waals surface area contributed by atoms with Crippen molar-refractivity contribution >= 4 is 22.4 Å². The monoisotopic (exact) mass is 483 g/mol. The zero-order chi connectivity index (χ0) is 25.4. The molecule has 1 aliphatic rings. The molecule has 0 N–H and O–H groups in total. The molecule has 3 heterocycles. The standard InChI is InChI=1S/C29H33N5O2/c1-20-9-8-12-25(15-20)32-14-13-31(17-21(32)2)27(35)19-34-29(36)28-23(4)33(22(3)26(28)16-30-34)18-24-10-6-5-7-11-24/h5-12,15-16,21H,13-14,17-19H2,1-4H3. The van der Waals surface area contributed by atoms with Crippen molar-refractivity contribution in [3.63, 3.8) is 0 Å². The molecular formula is C29H33N5O2. The van der Waals surface area contributed by atoms with Crippen LogP contribution in [0.25, 0.3) is 10.8 Å². The number of carbonyl (C=O) groups excluding carboxylic acids is 1. The van der Waals surface area contributed by atoms with E-state index in [1.54, 1.807) is 6.20 Å². The summed E-state index contributed by atoms with van der Waals surface area (Å²) in [7, 11) is 0. The number of hydrogen-bond acceptors (Lipinski definition) is 4. The number of hydrogen-bond donors (Lipinski definition) is 0. The number of benzene rings is 2. The first kappa shape index (κ1) is 23.9. The van der Waals surface area contributed by atoms with Crippen LogP contribution in [0.15, 0.2) is 65.6 Å². The van der Waals surface area contributed by atoms with Crippen molar-refractivity contribution in [2.45, 2.75) is 46.8 Å². The number of aromatic nitrogens is 3. The van der Waals surface area contributed by atoms with Gasteiger partial charge >= 0.3 is 0 Å². The molecule has 0 spiro atoms. The Bertz CT molecular complexity index is 1470. The van der Waals surface area contributed by atoms with Crippen molar-refractivity contribution in [1.82, 2.24) is 19.2 Å². The van der Waals surface area contributed by atoms with Crippen LogP contribution in [0.3, 0.4) is 0 Å². The molecule has 7 heteroatoms. The molecule has 1 fully saturated rings. The Morgan fingerprint density at radius 3 is 2.50 bits per heavy atom. The van der Waals surface area contributed by atoms with E-state index in [0.29, 0.717) is 25.0 Å². The lowest BCUT2D eigenvalue weighted by molar-refractivity contribution is -0.132. The molecule has 36 heavy (non-hydrogen) atoms. The molecule has 1 atom stereocenters. The van der Waals surface area contributed by atoms with Crippen LogP contribution in [-0.4, -0.2) is 50.8 Å².